The van der Waals surface area contributed by atoms with Crippen molar-refractivity contribution >= 4 is 5.82 Å². The molecule has 0 spiro atoms. The molecule has 2 N–H and O–H groups in total. The standard InChI is InChI=1S/C7H7F3N2/c1-3-2-12-7(11)5(8)4(3)6(9)10/h2,6H,1H3,(H2,11,12). The third-order valence-corrected chi connectivity index (χ3v) is 1.50. The second kappa shape index (κ2) is 3.00. The Bertz CT molecular complexity index is 299. The van der Waals surface area contributed by atoms with Crippen LogP contribution in [0, 0.1) is 12.7 Å². The number of nitrogens with zero attached hydrogens (tertiary/aromatic N) is 1. The molecular formula is C7H7F3N2. The van der Waals surface area contributed by atoms with Crippen molar-refractivity contribution in [1.29, 1.82) is 0 Å². The normalized spacial score (nSPS) is 10.8. The molecule has 0 aliphatic rings. The van der Waals surface area contributed by atoms with Gasteiger partial charge in [0.2, 0.25) is 0 Å². The van der Waals surface area contributed by atoms with Crippen LogP contribution in [0.4, 0.5) is 19.0 Å². The molecule has 0 atom stereocenters. The summed E-state index contributed by atoms with van der Waals surface area (Å²) < 4.78 is 37.1. The zero-order valence-electron chi connectivity index (χ0n) is 6.31. The summed E-state index contributed by atoms with van der Waals surface area (Å²) >= 11 is 0. The van der Waals surface area contributed by atoms with Crippen molar-refractivity contribution in [1.82, 2.24) is 4.98 Å². The minimum Gasteiger partial charge on any atom is -0.381 e. The number of aryl methyl sites for hydroxylation is 1. The Morgan fingerprint density at radius 2 is 2.08 bits per heavy atom. The van der Waals surface area contributed by atoms with Gasteiger partial charge in [0.25, 0.3) is 6.43 Å². The molecule has 0 saturated carbocycles. The fraction of sp³-hybridized carbons (Fsp3) is 0.286. The van der Waals surface area contributed by atoms with Crippen molar-refractivity contribution < 1.29 is 13.2 Å². The lowest BCUT2D eigenvalue weighted by Gasteiger charge is -2.06. The van der Waals surface area contributed by atoms with Gasteiger partial charge in [0.15, 0.2) is 11.6 Å². The fourth-order valence-electron chi connectivity index (χ4n) is 0.872. The Hall–Kier alpha value is -1.26. The summed E-state index contributed by atoms with van der Waals surface area (Å²) in [5.74, 6) is -1.61. The van der Waals surface area contributed by atoms with E-state index >= 15 is 0 Å². The lowest BCUT2D eigenvalue weighted by Crippen LogP contribution is -2.02. The van der Waals surface area contributed by atoms with Crippen LogP contribution in [-0.4, -0.2) is 4.98 Å². The first-order valence-corrected chi connectivity index (χ1v) is 3.22. The van der Waals surface area contributed by atoms with Crippen LogP contribution >= 0.6 is 0 Å². The topological polar surface area (TPSA) is 38.9 Å². The SMILES string of the molecule is Cc1cnc(N)c(F)c1C(F)F. The molecule has 1 rings (SSSR count). The van der Waals surface area contributed by atoms with Gasteiger partial charge in [-0.2, -0.15) is 0 Å². The zero-order valence-corrected chi connectivity index (χ0v) is 6.31. The predicted molar refractivity (Wildman–Crippen MR) is 38.3 cm³/mol. The van der Waals surface area contributed by atoms with Gasteiger partial charge < -0.3 is 5.73 Å². The minimum atomic E-state index is -2.85. The number of nitrogen functional groups attached to an aromatic ring is 1. The van der Waals surface area contributed by atoms with Crippen LogP contribution in [-0.2, 0) is 0 Å². The van der Waals surface area contributed by atoms with Gasteiger partial charge in [-0.05, 0) is 12.5 Å². The maximum Gasteiger partial charge on any atom is 0.267 e. The average Bonchev–Trinajstić information content (AvgIpc) is 1.97. The van der Waals surface area contributed by atoms with Gasteiger partial charge >= 0.3 is 0 Å². The molecule has 0 saturated heterocycles. The second-order valence-electron chi connectivity index (χ2n) is 2.35. The van der Waals surface area contributed by atoms with E-state index in [4.69, 9.17) is 5.73 Å². The summed E-state index contributed by atoms with van der Waals surface area (Å²) in [5, 5.41) is 0. The molecule has 0 aromatic carbocycles. The summed E-state index contributed by atoms with van der Waals surface area (Å²) in [7, 11) is 0. The van der Waals surface area contributed by atoms with E-state index in [0.717, 1.165) is 6.20 Å². The van der Waals surface area contributed by atoms with Crippen LogP contribution in [0.15, 0.2) is 6.20 Å². The van der Waals surface area contributed by atoms with Gasteiger partial charge in [0.1, 0.15) is 0 Å². The van der Waals surface area contributed by atoms with Crippen LogP contribution < -0.4 is 5.73 Å². The largest absolute Gasteiger partial charge is 0.381 e. The van der Waals surface area contributed by atoms with Crippen molar-refractivity contribution in [3.05, 3.63) is 23.1 Å². The lowest BCUT2D eigenvalue weighted by atomic mass is 10.1. The maximum atomic E-state index is 12.8. The molecule has 0 radical (unpaired) electrons. The second-order valence-corrected chi connectivity index (χ2v) is 2.35. The van der Waals surface area contributed by atoms with Crippen molar-refractivity contribution in [3.8, 4) is 0 Å². The van der Waals surface area contributed by atoms with E-state index in [1.165, 1.54) is 6.92 Å². The fourth-order valence-corrected chi connectivity index (χ4v) is 0.872. The summed E-state index contributed by atoms with van der Waals surface area (Å²) in [6, 6.07) is 0. The van der Waals surface area contributed by atoms with Gasteiger partial charge in [-0.25, -0.2) is 18.2 Å². The Balaban J connectivity index is 3.33. The number of alkyl halides is 2. The average molecular weight is 176 g/mol. The van der Waals surface area contributed by atoms with E-state index in [-0.39, 0.29) is 5.56 Å². The minimum absolute atomic E-state index is 0.108. The molecule has 1 heterocycles. The van der Waals surface area contributed by atoms with E-state index in [1.807, 2.05) is 0 Å². The molecule has 12 heavy (non-hydrogen) atoms. The number of hydrogen-bond acceptors (Lipinski definition) is 2. The molecule has 0 bridgehead atoms. The summed E-state index contributed by atoms with van der Waals surface area (Å²) in [5.41, 5.74) is 4.45. The number of hydrogen-bond donors (Lipinski definition) is 1. The van der Waals surface area contributed by atoms with Crippen molar-refractivity contribution in [2.24, 2.45) is 0 Å². The smallest absolute Gasteiger partial charge is 0.267 e. The molecule has 0 fully saturated rings. The van der Waals surface area contributed by atoms with E-state index in [1.54, 1.807) is 0 Å². The molecule has 0 unspecified atom stereocenters. The van der Waals surface area contributed by atoms with E-state index in [2.05, 4.69) is 4.98 Å². The highest BCUT2D eigenvalue weighted by molar-refractivity contribution is 5.39. The highest BCUT2D eigenvalue weighted by Crippen LogP contribution is 2.26. The molecule has 0 amide bonds. The predicted octanol–water partition coefficient (Wildman–Crippen LogP) is 2.05. The van der Waals surface area contributed by atoms with Gasteiger partial charge in [0.05, 0.1) is 5.56 Å². The first-order chi connectivity index (χ1) is 5.54. The number of halogens is 3. The third-order valence-electron chi connectivity index (χ3n) is 1.50. The number of rotatable bonds is 1. The van der Waals surface area contributed by atoms with Crippen LogP contribution in [0.25, 0.3) is 0 Å². The number of pyridine rings is 1. The molecule has 1 aromatic rings. The molecule has 0 aliphatic carbocycles. The molecule has 2 nitrogen and oxygen atoms in total. The van der Waals surface area contributed by atoms with Crippen molar-refractivity contribution in [2.45, 2.75) is 13.3 Å². The summed E-state index contributed by atoms with van der Waals surface area (Å²) in [6.45, 7) is 1.36. The molecule has 1 aromatic heterocycles. The van der Waals surface area contributed by atoms with Crippen LogP contribution in [0.5, 0.6) is 0 Å². The van der Waals surface area contributed by atoms with E-state index < -0.39 is 23.6 Å². The molecule has 66 valence electrons. The first-order valence-electron chi connectivity index (χ1n) is 3.22. The van der Waals surface area contributed by atoms with E-state index in [9.17, 15) is 13.2 Å². The summed E-state index contributed by atoms with van der Waals surface area (Å²) in [4.78, 5) is 3.39. The highest BCUT2D eigenvalue weighted by Gasteiger charge is 2.18. The Labute approximate surface area is 67.2 Å². The maximum absolute atomic E-state index is 12.8. The monoisotopic (exact) mass is 176 g/mol. The Kier molecular flexibility index (Phi) is 2.21. The lowest BCUT2D eigenvalue weighted by molar-refractivity contribution is 0.145. The van der Waals surface area contributed by atoms with Gasteiger partial charge in [0, 0.05) is 6.20 Å². The van der Waals surface area contributed by atoms with Gasteiger partial charge in [-0.3, -0.25) is 0 Å². The summed E-state index contributed by atoms with van der Waals surface area (Å²) in [6.07, 6.45) is -1.73. The zero-order chi connectivity index (χ0) is 9.30. The quantitative estimate of drug-likeness (QED) is 0.711. The van der Waals surface area contributed by atoms with Crippen LogP contribution in [0.3, 0.4) is 0 Å². The molecule has 0 aliphatic heterocycles. The van der Waals surface area contributed by atoms with Gasteiger partial charge in [-0.15, -0.1) is 0 Å². The molecule has 5 heteroatoms. The van der Waals surface area contributed by atoms with Crippen molar-refractivity contribution in [2.75, 3.05) is 5.73 Å². The first kappa shape index (κ1) is 8.83. The Morgan fingerprint density at radius 1 is 1.50 bits per heavy atom. The molecular weight excluding hydrogens is 169 g/mol. The number of anilines is 1. The van der Waals surface area contributed by atoms with E-state index in [0.29, 0.717) is 0 Å². The van der Waals surface area contributed by atoms with Crippen LogP contribution in [0.1, 0.15) is 17.6 Å². The number of nitrogens with two attached hydrogens (primary N) is 1. The number of aromatic nitrogens is 1. The van der Waals surface area contributed by atoms with Crippen molar-refractivity contribution in [3.63, 3.8) is 0 Å². The highest BCUT2D eigenvalue weighted by atomic mass is 19.3. The van der Waals surface area contributed by atoms with Gasteiger partial charge in [-0.1, -0.05) is 0 Å². The van der Waals surface area contributed by atoms with Crippen LogP contribution in [0.2, 0.25) is 0 Å². The third kappa shape index (κ3) is 1.34. The Morgan fingerprint density at radius 3 is 2.50 bits per heavy atom.